The first-order valence-electron chi connectivity index (χ1n) is 3.50. The molecule has 0 spiro atoms. The predicted octanol–water partition coefficient (Wildman–Crippen LogP) is 1.27. The van der Waals surface area contributed by atoms with E-state index in [0.717, 1.165) is 17.1 Å². The Morgan fingerprint density at radius 2 is 2.55 bits per heavy atom. The van der Waals surface area contributed by atoms with E-state index < -0.39 is 0 Å². The number of aromatic nitrogens is 2. The van der Waals surface area contributed by atoms with E-state index in [4.69, 9.17) is 0 Å². The molecule has 0 unspecified atom stereocenters. The minimum atomic E-state index is -0.286. The maximum atomic E-state index is 10.5. The molecule has 1 N–H and O–H groups in total. The van der Waals surface area contributed by atoms with E-state index in [1.54, 1.807) is 24.2 Å². The second-order valence-electron chi connectivity index (χ2n) is 2.10. The van der Waals surface area contributed by atoms with Crippen LogP contribution in [-0.4, -0.2) is 15.7 Å². The van der Waals surface area contributed by atoms with Gasteiger partial charge in [-0.1, -0.05) is 6.92 Å². The quantitative estimate of drug-likeness (QED) is 0.695. The zero-order valence-electron chi connectivity index (χ0n) is 6.33. The van der Waals surface area contributed by atoms with Crippen LogP contribution < -0.4 is 5.69 Å². The Kier molecular flexibility index (Phi) is 3.16. The van der Waals surface area contributed by atoms with Gasteiger partial charge < -0.3 is 4.98 Å². The summed E-state index contributed by atoms with van der Waals surface area (Å²) in [6, 6.07) is 0. The summed E-state index contributed by atoms with van der Waals surface area (Å²) in [6.45, 7) is 2.12. The second-order valence-corrected chi connectivity index (χ2v) is 3.27. The van der Waals surface area contributed by atoms with Crippen molar-refractivity contribution in [3.05, 3.63) is 22.9 Å². The molecule has 11 heavy (non-hydrogen) atoms. The molecule has 0 atom stereocenters. The van der Waals surface area contributed by atoms with E-state index in [1.165, 1.54) is 0 Å². The lowest BCUT2D eigenvalue weighted by atomic mass is 10.6. The van der Waals surface area contributed by atoms with Gasteiger partial charge in [-0.2, -0.15) is 0 Å². The number of thioether (sulfide) groups is 1. The molecule has 0 aliphatic heterocycles. The van der Waals surface area contributed by atoms with Gasteiger partial charge in [-0.05, 0) is 12.2 Å². The Morgan fingerprint density at radius 1 is 1.73 bits per heavy atom. The molecule has 1 rings (SSSR count). The van der Waals surface area contributed by atoms with E-state index in [9.17, 15) is 4.79 Å². The number of hydrogen-bond acceptors (Lipinski definition) is 3. The molecule has 0 saturated heterocycles. The highest BCUT2D eigenvalue weighted by atomic mass is 32.2. The fourth-order valence-corrected chi connectivity index (χ4v) is 1.34. The highest BCUT2D eigenvalue weighted by Crippen LogP contribution is 2.14. The lowest BCUT2D eigenvalue weighted by molar-refractivity contribution is 1.02. The molecule has 4 heteroatoms. The van der Waals surface area contributed by atoms with Crippen LogP contribution in [0.3, 0.4) is 0 Å². The lowest BCUT2D eigenvalue weighted by Gasteiger charge is -1.95. The Labute approximate surface area is 69.3 Å². The smallest absolute Gasteiger partial charge is 0.312 e. The zero-order chi connectivity index (χ0) is 8.10. The van der Waals surface area contributed by atoms with Gasteiger partial charge in [-0.25, -0.2) is 9.78 Å². The third-order valence-electron chi connectivity index (χ3n) is 1.12. The fourth-order valence-electron chi connectivity index (χ4n) is 0.628. The number of hydrogen-bond donors (Lipinski definition) is 1. The topological polar surface area (TPSA) is 45.8 Å². The van der Waals surface area contributed by atoms with Crippen LogP contribution in [0.25, 0.3) is 0 Å². The van der Waals surface area contributed by atoms with Crippen molar-refractivity contribution in [2.24, 2.45) is 0 Å². The number of H-pyrrole nitrogens is 1. The first kappa shape index (κ1) is 8.33. The average Bonchev–Trinajstić information content (AvgIpc) is 2.04. The van der Waals surface area contributed by atoms with Crippen LogP contribution in [0.1, 0.15) is 13.3 Å². The molecule has 60 valence electrons. The highest BCUT2D eigenvalue weighted by molar-refractivity contribution is 7.99. The van der Waals surface area contributed by atoms with Crippen LogP contribution in [-0.2, 0) is 0 Å². The van der Waals surface area contributed by atoms with Gasteiger partial charge in [-0.3, -0.25) is 0 Å². The van der Waals surface area contributed by atoms with Crippen LogP contribution in [0.2, 0.25) is 0 Å². The highest BCUT2D eigenvalue weighted by Gasteiger charge is 1.91. The normalized spacial score (nSPS) is 9.91. The average molecular weight is 170 g/mol. The molecule has 0 bridgehead atoms. The van der Waals surface area contributed by atoms with Crippen LogP contribution >= 0.6 is 11.8 Å². The van der Waals surface area contributed by atoms with Crippen molar-refractivity contribution in [1.82, 2.24) is 9.97 Å². The summed E-state index contributed by atoms with van der Waals surface area (Å²) < 4.78 is 0. The van der Waals surface area contributed by atoms with Crippen molar-refractivity contribution in [2.45, 2.75) is 18.2 Å². The molecular formula is C7H10N2OS. The molecule has 0 aromatic carbocycles. The summed E-state index contributed by atoms with van der Waals surface area (Å²) in [5.74, 6) is 1.06. The van der Waals surface area contributed by atoms with E-state index in [0.29, 0.717) is 0 Å². The predicted molar refractivity (Wildman–Crippen MR) is 45.9 cm³/mol. The third-order valence-corrected chi connectivity index (χ3v) is 2.29. The van der Waals surface area contributed by atoms with Gasteiger partial charge in [0.2, 0.25) is 0 Å². The third kappa shape index (κ3) is 2.76. The van der Waals surface area contributed by atoms with Crippen LogP contribution in [0, 0.1) is 0 Å². The van der Waals surface area contributed by atoms with Crippen LogP contribution in [0.5, 0.6) is 0 Å². The summed E-state index contributed by atoms with van der Waals surface area (Å²) in [5, 5.41) is 0. The van der Waals surface area contributed by atoms with Gasteiger partial charge in [0.05, 0.1) is 0 Å². The molecule has 0 aliphatic rings. The Hall–Kier alpha value is -0.770. The summed E-state index contributed by atoms with van der Waals surface area (Å²) in [6.07, 6.45) is 4.42. The fraction of sp³-hybridized carbons (Fsp3) is 0.429. The summed E-state index contributed by atoms with van der Waals surface area (Å²) in [4.78, 5) is 17.7. The van der Waals surface area contributed by atoms with Gasteiger partial charge in [0.15, 0.2) is 0 Å². The van der Waals surface area contributed by atoms with Crippen LogP contribution in [0.4, 0.5) is 0 Å². The number of nitrogens with zero attached hydrogens (tertiary/aromatic N) is 1. The molecule has 1 aromatic heterocycles. The van der Waals surface area contributed by atoms with Crippen molar-refractivity contribution >= 4 is 11.8 Å². The molecule has 0 amide bonds. The van der Waals surface area contributed by atoms with Crippen molar-refractivity contribution in [2.75, 3.05) is 5.75 Å². The minimum absolute atomic E-state index is 0.286. The standard InChI is InChI=1S/C7H10N2OS/c1-2-3-11-6-4-8-7(10)9-5-6/h4-5H,2-3H2,1H3,(H,8,9,10). The molecule has 1 aromatic rings. The summed E-state index contributed by atoms with van der Waals surface area (Å²) in [7, 11) is 0. The lowest BCUT2D eigenvalue weighted by Crippen LogP contribution is -2.07. The van der Waals surface area contributed by atoms with Gasteiger partial charge in [0.25, 0.3) is 0 Å². The van der Waals surface area contributed by atoms with Crippen molar-refractivity contribution in [3.8, 4) is 0 Å². The molecule has 0 fully saturated rings. The summed E-state index contributed by atoms with van der Waals surface area (Å²) in [5.41, 5.74) is -0.286. The van der Waals surface area contributed by atoms with E-state index in [2.05, 4.69) is 16.9 Å². The van der Waals surface area contributed by atoms with Gasteiger partial charge >= 0.3 is 5.69 Å². The number of nitrogens with one attached hydrogen (secondary N) is 1. The maximum Gasteiger partial charge on any atom is 0.344 e. The SMILES string of the molecule is CCCSc1cnc(=O)[nH]c1. The van der Waals surface area contributed by atoms with Gasteiger partial charge in [-0.15, -0.1) is 11.8 Å². The molecule has 0 aliphatic carbocycles. The molecule has 0 radical (unpaired) electrons. The van der Waals surface area contributed by atoms with E-state index in [1.807, 2.05) is 0 Å². The number of aromatic amines is 1. The van der Waals surface area contributed by atoms with Crippen molar-refractivity contribution < 1.29 is 0 Å². The minimum Gasteiger partial charge on any atom is -0.312 e. The van der Waals surface area contributed by atoms with Gasteiger partial charge in [0.1, 0.15) is 0 Å². The number of rotatable bonds is 3. The zero-order valence-corrected chi connectivity index (χ0v) is 7.15. The van der Waals surface area contributed by atoms with E-state index in [-0.39, 0.29) is 5.69 Å². The van der Waals surface area contributed by atoms with Gasteiger partial charge in [0, 0.05) is 17.3 Å². The van der Waals surface area contributed by atoms with Crippen molar-refractivity contribution in [1.29, 1.82) is 0 Å². The molecule has 3 nitrogen and oxygen atoms in total. The Bertz CT molecular complexity index is 251. The Morgan fingerprint density at radius 3 is 3.09 bits per heavy atom. The Balaban J connectivity index is 2.59. The maximum absolute atomic E-state index is 10.5. The van der Waals surface area contributed by atoms with E-state index >= 15 is 0 Å². The molecular weight excluding hydrogens is 160 g/mol. The van der Waals surface area contributed by atoms with Crippen molar-refractivity contribution in [3.63, 3.8) is 0 Å². The van der Waals surface area contributed by atoms with Crippen LogP contribution in [0.15, 0.2) is 22.1 Å². The largest absolute Gasteiger partial charge is 0.344 e. The monoisotopic (exact) mass is 170 g/mol. The molecule has 0 saturated carbocycles. The summed E-state index contributed by atoms with van der Waals surface area (Å²) >= 11 is 1.70. The first-order valence-corrected chi connectivity index (χ1v) is 4.49. The molecule has 1 heterocycles. The first-order chi connectivity index (χ1) is 5.33. The second kappa shape index (κ2) is 4.18.